The van der Waals surface area contributed by atoms with Gasteiger partial charge in [0.2, 0.25) is 5.13 Å². The van der Waals surface area contributed by atoms with E-state index >= 15 is 0 Å². The number of anilines is 1. The van der Waals surface area contributed by atoms with Crippen molar-refractivity contribution >= 4 is 16.5 Å². The minimum absolute atomic E-state index is 0.440. The summed E-state index contributed by atoms with van der Waals surface area (Å²) < 4.78 is 0. The van der Waals surface area contributed by atoms with Gasteiger partial charge >= 0.3 is 0 Å². The van der Waals surface area contributed by atoms with Crippen LogP contribution in [0.2, 0.25) is 0 Å². The summed E-state index contributed by atoms with van der Waals surface area (Å²) in [5, 5.41) is 16.2. The third kappa shape index (κ3) is 1.24. The molecule has 0 aromatic carbocycles. The van der Waals surface area contributed by atoms with Crippen LogP contribution in [0.3, 0.4) is 0 Å². The van der Waals surface area contributed by atoms with Crippen molar-refractivity contribution in [3.8, 4) is 10.7 Å². The van der Waals surface area contributed by atoms with Crippen LogP contribution in [-0.2, 0) is 0 Å². The molecule has 2 N–H and O–H groups in total. The van der Waals surface area contributed by atoms with Gasteiger partial charge in [0, 0.05) is 6.20 Å². The first-order chi connectivity index (χ1) is 5.86. The highest BCUT2D eigenvalue weighted by Gasteiger charge is 2.04. The van der Waals surface area contributed by atoms with Crippen LogP contribution in [0.25, 0.3) is 10.7 Å². The zero-order valence-electron chi connectivity index (χ0n) is 6.01. The molecule has 2 aromatic rings. The predicted molar refractivity (Wildman–Crippen MR) is 45.3 cm³/mol. The van der Waals surface area contributed by atoms with E-state index in [0.717, 1.165) is 0 Å². The van der Waals surface area contributed by atoms with E-state index in [1.807, 2.05) is 6.07 Å². The van der Waals surface area contributed by atoms with Crippen LogP contribution in [0.4, 0.5) is 5.13 Å². The lowest BCUT2D eigenvalue weighted by Gasteiger charge is -1.88. The van der Waals surface area contributed by atoms with E-state index in [9.17, 15) is 0 Å². The highest BCUT2D eigenvalue weighted by molar-refractivity contribution is 7.18. The average molecular weight is 179 g/mol. The van der Waals surface area contributed by atoms with Crippen molar-refractivity contribution in [3.05, 3.63) is 18.3 Å². The van der Waals surface area contributed by atoms with Crippen LogP contribution in [-0.4, -0.2) is 20.4 Å². The first-order valence-corrected chi connectivity index (χ1v) is 4.05. The van der Waals surface area contributed by atoms with Gasteiger partial charge in [-0.2, -0.15) is 5.10 Å². The van der Waals surface area contributed by atoms with Gasteiger partial charge in [-0.15, -0.1) is 15.3 Å². The van der Waals surface area contributed by atoms with E-state index < -0.39 is 0 Å². The van der Waals surface area contributed by atoms with Crippen molar-refractivity contribution in [1.82, 2.24) is 20.4 Å². The molecule has 0 saturated carbocycles. The smallest absolute Gasteiger partial charge is 0.203 e. The quantitative estimate of drug-likeness (QED) is 0.692. The maximum Gasteiger partial charge on any atom is 0.203 e. The summed E-state index contributed by atoms with van der Waals surface area (Å²) in [5.74, 6) is 0. The van der Waals surface area contributed by atoms with Gasteiger partial charge in [0.25, 0.3) is 0 Å². The molecule has 12 heavy (non-hydrogen) atoms. The molecule has 0 amide bonds. The third-order valence-electron chi connectivity index (χ3n) is 1.23. The van der Waals surface area contributed by atoms with Crippen LogP contribution in [0.1, 0.15) is 0 Å². The predicted octanol–water partition coefficient (Wildman–Crippen LogP) is 0.577. The van der Waals surface area contributed by atoms with Gasteiger partial charge < -0.3 is 5.73 Å². The number of rotatable bonds is 1. The lowest BCUT2D eigenvalue weighted by Crippen LogP contribution is -1.84. The topological polar surface area (TPSA) is 77.6 Å². The van der Waals surface area contributed by atoms with Gasteiger partial charge in [-0.05, 0) is 12.1 Å². The Labute approximate surface area is 72.3 Å². The van der Waals surface area contributed by atoms with Crippen LogP contribution >= 0.6 is 11.3 Å². The van der Waals surface area contributed by atoms with Crippen LogP contribution in [0, 0.1) is 0 Å². The van der Waals surface area contributed by atoms with Crippen LogP contribution in [0.15, 0.2) is 18.3 Å². The zero-order chi connectivity index (χ0) is 8.39. The van der Waals surface area contributed by atoms with E-state index in [2.05, 4.69) is 20.4 Å². The number of nitrogens with zero attached hydrogens (tertiary/aromatic N) is 4. The number of aromatic nitrogens is 4. The normalized spacial score (nSPS) is 10.0. The molecule has 60 valence electrons. The van der Waals surface area contributed by atoms with Crippen LogP contribution < -0.4 is 5.73 Å². The summed E-state index contributed by atoms with van der Waals surface area (Å²) in [6, 6.07) is 3.60. The van der Waals surface area contributed by atoms with Crippen molar-refractivity contribution in [2.45, 2.75) is 0 Å². The van der Waals surface area contributed by atoms with Gasteiger partial charge in [-0.25, -0.2) is 0 Å². The van der Waals surface area contributed by atoms with Crippen molar-refractivity contribution in [3.63, 3.8) is 0 Å². The molecule has 2 aromatic heterocycles. The Hall–Kier alpha value is -1.56. The largest absolute Gasteiger partial charge is 0.374 e. The maximum atomic E-state index is 5.41. The summed E-state index contributed by atoms with van der Waals surface area (Å²) in [6.07, 6.45) is 1.61. The Bertz CT molecular complexity index is 370. The molecule has 0 aliphatic rings. The van der Waals surface area contributed by atoms with Gasteiger partial charge in [0.15, 0.2) is 5.01 Å². The second kappa shape index (κ2) is 2.82. The Morgan fingerprint density at radius 1 is 1.25 bits per heavy atom. The standard InChI is InChI=1S/C6H5N5S/c7-6-11-10-5(12-6)4-2-1-3-8-9-4/h1-3H,(H2,7,11). The maximum absolute atomic E-state index is 5.41. The Kier molecular flexibility index (Phi) is 1.67. The molecule has 0 bridgehead atoms. The molecule has 0 radical (unpaired) electrons. The summed E-state index contributed by atoms with van der Waals surface area (Å²) in [5.41, 5.74) is 6.11. The molecular formula is C6H5N5S. The number of hydrogen-bond acceptors (Lipinski definition) is 6. The van der Waals surface area contributed by atoms with Gasteiger partial charge in [0.05, 0.1) is 0 Å². The zero-order valence-corrected chi connectivity index (χ0v) is 6.82. The highest BCUT2D eigenvalue weighted by Crippen LogP contribution is 2.21. The molecule has 0 aliphatic carbocycles. The fourth-order valence-corrected chi connectivity index (χ4v) is 1.33. The number of nitrogen functional groups attached to an aromatic ring is 1. The fourth-order valence-electron chi connectivity index (χ4n) is 0.754. The molecular weight excluding hydrogens is 174 g/mol. The molecule has 0 aliphatic heterocycles. The first kappa shape index (κ1) is 7.11. The lowest BCUT2D eigenvalue weighted by atomic mass is 10.4. The van der Waals surface area contributed by atoms with Gasteiger partial charge in [0.1, 0.15) is 5.69 Å². The van der Waals surface area contributed by atoms with E-state index in [4.69, 9.17) is 5.73 Å². The Balaban J connectivity index is 2.45. The van der Waals surface area contributed by atoms with E-state index in [1.165, 1.54) is 11.3 Å². The molecule has 0 saturated heterocycles. The summed E-state index contributed by atoms with van der Waals surface area (Å²) in [7, 11) is 0. The SMILES string of the molecule is Nc1nnc(-c2cccnn2)s1. The average Bonchev–Trinajstić information content (AvgIpc) is 2.54. The lowest BCUT2D eigenvalue weighted by molar-refractivity contribution is 1.02. The van der Waals surface area contributed by atoms with E-state index in [1.54, 1.807) is 12.3 Å². The highest BCUT2D eigenvalue weighted by atomic mass is 32.1. The second-order valence-electron chi connectivity index (χ2n) is 2.05. The third-order valence-corrected chi connectivity index (χ3v) is 2.01. The molecule has 2 heterocycles. The molecule has 6 heteroatoms. The van der Waals surface area contributed by atoms with Gasteiger partial charge in [-0.3, -0.25) is 0 Å². The van der Waals surface area contributed by atoms with Crippen molar-refractivity contribution in [2.75, 3.05) is 5.73 Å². The van der Waals surface area contributed by atoms with Crippen LogP contribution in [0.5, 0.6) is 0 Å². The Morgan fingerprint density at radius 3 is 2.75 bits per heavy atom. The molecule has 5 nitrogen and oxygen atoms in total. The first-order valence-electron chi connectivity index (χ1n) is 3.23. The van der Waals surface area contributed by atoms with Crippen molar-refractivity contribution in [2.24, 2.45) is 0 Å². The van der Waals surface area contributed by atoms with Gasteiger partial charge in [-0.1, -0.05) is 11.3 Å². The summed E-state index contributed by atoms with van der Waals surface area (Å²) >= 11 is 1.29. The molecule has 2 rings (SSSR count). The fraction of sp³-hybridized carbons (Fsp3) is 0. The van der Waals surface area contributed by atoms with Crippen molar-refractivity contribution < 1.29 is 0 Å². The second-order valence-corrected chi connectivity index (χ2v) is 3.06. The molecule has 0 spiro atoms. The monoisotopic (exact) mass is 179 g/mol. The molecule has 0 fully saturated rings. The minimum Gasteiger partial charge on any atom is -0.374 e. The van der Waals surface area contributed by atoms with E-state index in [-0.39, 0.29) is 0 Å². The molecule has 0 atom stereocenters. The number of hydrogen-bond donors (Lipinski definition) is 1. The minimum atomic E-state index is 0.440. The van der Waals surface area contributed by atoms with E-state index in [0.29, 0.717) is 15.8 Å². The van der Waals surface area contributed by atoms with Crippen molar-refractivity contribution in [1.29, 1.82) is 0 Å². The molecule has 0 unspecified atom stereocenters. The summed E-state index contributed by atoms with van der Waals surface area (Å²) in [6.45, 7) is 0. The number of nitrogens with two attached hydrogens (primary N) is 1. The summed E-state index contributed by atoms with van der Waals surface area (Å²) in [4.78, 5) is 0. The Morgan fingerprint density at radius 2 is 2.17 bits per heavy atom.